The molecule has 26 heteroatoms. The van der Waals surface area contributed by atoms with Crippen LogP contribution in [0.25, 0.3) is 44.1 Å². The lowest BCUT2D eigenvalue weighted by Crippen LogP contribution is -2.45. The number of rotatable bonds is 10. The zero-order valence-corrected chi connectivity index (χ0v) is 59.7. The first-order chi connectivity index (χ1) is 47.8. The molecule has 0 N–H and O–H groups in total. The first-order valence-electron chi connectivity index (χ1n) is 34.0. The van der Waals surface area contributed by atoms with Crippen molar-refractivity contribution in [3.8, 4) is 22.3 Å². The van der Waals surface area contributed by atoms with Crippen LogP contribution in [0.4, 0.5) is 8.78 Å². The summed E-state index contributed by atoms with van der Waals surface area (Å²) in [7, 11) is 3.58. The molecule has 4 aliphatic heterocycles. The molecular formula is C74H76Br2F2N14O8. The number of hydrogen-bond acceptors (Lipinski definition) is 16. The number of halogens is 4. The number of benzene rings is 2. The van der Waals surface area contributed by atoms with Crippen LogP contribution in [0, 0.1) is 36.3 Å². The van der Waals surface area contributed by atoms with Gasteiger partial charge in [-0.1, -0.05) is 25.0 Å². The molecule has 14 rings (SSSR count). The summed E-state index contributed by atoms with van der Waals surface area (Å²) in [5.74, 6) is -1.20. The summed E-state index contributed by atoms with van der Waals surface area (Å²) in [6.45, 7) is 7.08. The molecule has 2 aliphatic carbocycles. The summed E-state index contributed by atoms with van der Waals surface area (Å²) in [6.07, 6.45) is 19.8. The highest BCUT2D eigenvalue weighted by molar-refractivity contribution is 9.10. The quantitative estimate of drug-likeness (QED) is 0.0700. The lowest BCUT2D eigenvalue weighted by molar-refractivity contribution is -0.139. The van der Waals surface area contributed by atoms with Gasteiger partial charge in [-0.15, -0.1) is 0 Å². The van der Waals surface area contributed by atoms with Crippen LogP contribution in [0.5, 0.6) is 0 Å². The van der Waals surface area contributed by atoms with Gasteiger partial charge in [0.2, 0.25) is 23.6 Å². The van der Waals surface area contributed by atoms with E-state index in [4.69, 9.17) is 10.2 Å². The van der Waals surface area contributed by atoms with Crippen LogP contribution < -0.4 is 0 Å². The fraction of sp³-hybridized carbons (Fsp3) is 0.432. The first kappa shape index (κ1) is 69.4. The number of aromatic nitrogens is 10. The molecule has 22 nitrogen and oxygen atoms in total. The molecule has 0 spiro atoms. The van der Waals surface area contributed by atoms with Crippen LogP contribution in [-0.2, 0) is 67.5 Å². The number of hydrogen-bond donors (Lipinski definition) is 0. The monoisotopic (exact) mass is 1480 g/mol. The van der Waals surface area contributed by atoms with E-state index in [1.165, 1.54) is 38.1 Å². The van der Waals surface area contributed by atoms with Crippen molar-refractivity contribution in [1.82, 2.24) is 69.1 Å². The zero-order chi connectivity index (χ0) is 70.6. The number of pyridine rings is 2. The molecule has 6 aliphatic rings. The number of allylic oxidation sites excluding steroid dienone is 2. The Balaban J connectivity index is 0.000000179. The summed E-state index contributed by atoms with van der Waals surface area (Å²) in [5, 5.41) is 10.7. The second-order valence-electron chi connectivity index (χ2n) is 27.9. The molecule has 100 heavy (non-hydrogen) atoms. The fourth-order valence-corrected chi connectivity index (χ4v) is 16.6. The van der Waals surface area contributed by atoms with Crippen molar-refractivity contribution in [2.45, 2.75) is 168 Å². The summed E-state index contributed by atoms with van der Waals surface area (Å²) >= 11 is 6.41. The third-order valence-electron chi connectivity index (χ3n) is 20.6. The lowest BCUT2D eigenvalue weighted by Gasteiger charge is -2.27. The van der Waals surface area contributed by atoms with Gasteiger partial charge in [0.05, 0.1) is 47.3 Å². The maximum absolute atomic E-state index is 14.5. The average molecular weight is 1490 g/mol. The number of ketones is 4. The Morgan fingerprint density at radius 1 is 0.520 bits per heavy atom. The normalized spacial score (nSPS) is 23.0. The topological polar surface area (TPSA) is 262 Å². The Morgan fingerprint density at radius 2 is 0.950 bits per heavy atom. The SMILES string of the molecule is CC(=O)c1nn2c3c(cc(-c4cnc(C)nc4)cc13)C/C=C/CCCC(=O)N(C)C[C@@]13C[C@@H](C(=O)Cc4cc(F)cc(Br)n4)N(C(=O)C2)[C@@H]1C3.CC(=O)c1nn2c3c(cc(-c4cnc(C)nc4)cc13)CCCCCCC(=O)N(C)C[C@@]13C[C@@H](C(=O)Cc4cc(F)cc(Br)n4)N(C(=O)C2)[C@@H]1C3. The second kappa shape index (κ2) is 28.2. The van der Waals surface area contributed by atoms with Gasteiger partial charge in [0, 0.05) is 136 Å². The van der Waals surface area contributed by atoms with Gasteiger partial charge in [-0.2, -0.15) is 10.2 Å². The number of aryl methyl sites for hydroxylation is 3. The van der Waals surface area contributed by atoms with Gasteiger partial charge in [-0.3, -0.25) is 47.7 Å². The maximum atomic E-state index is 14.5. The van der Waals surface area contributed by atoms with E-state index in [-0.39, 0.29) is 117 Å². The molecule has 2 saturated heterocycles. The van der Waals surface area contributed by atoms with E-state index in [2.05, 4.69) is 73.9 Å². The summed E-state index contributed by atoms with van der Waals surface area (Å²) < 4.78 is 32.2. The van der Waals surface area contributed by atoms with Gasteiger partial charge in [-0.25, -0.2) is 38.7 Å². The van der Waals surface area contributed by atoms with Gasteiger partial charge in [0.25, 0.3) is 0 Å². The van der Waals surface area contributed by atoms with Gasteiger partial charge in [0.1, 0.15) is 57.0 Å². The van der Waals surface area contributed by atoms with E-state index in [0.29, 0.717) is 105 Å². The van der Waals surface area contributed by atoms with Crippen LogP contribution in [0.2, 0.25) is 0 Å². The Labute approximate surface area is 593 Å². The van der Waals surface area contributed by atoms with Crippen molar-refractivity contribution in [2.75, 3.05) is 27.2 Å². The molecule has 4 amide bonds. The Hall–Kier alpha value is -9.04. The van der Waals surface area contributed by atoms with Gasteiger partial charge in [0.15, 0.2) is 23.1 Å². The summed E-state index contributed by atoms with van der Waals surface area (Å²) in [4.78, 5) is 142. The van der Waals surface area contributed by atoms with Crippen molar-refractivity contribution in [3.63, 3.8) is 0 Å². The van der Waals surface area contributed by atoms with Crippen molar-refractivity contribution in [2.24, 2.45) is 10.8 Å². The van der Waals surface area contributed by atoms with Crippen molar-refractivity contribution >= 4 is 100 Å². The van der Waals surface area contributed by atoms with Crippen LogP contribution in [0.15, 0.2) is 94.7 Å². The fourth-order valence-electron chi connectivity index (χ4n) is 15.7. The van der Waals surface area contributed by atoms with E-state index in [0.717, 1.165) is 64.6 Å². The Morgan fingerprint density at radius 3 is 1.40 bits per heavy atom. The minimum absolute atomic E-state index is 0.0239. The van der Waals surface area contributed by atoms with Crippen molar-refractivity contribution in [1.29, 1.82) is 0 Å². The molecule has 518 valence electrons. The summed E-state index contributed by atoms with van der Waals surface area (Å²) in [6, 6.07) is 10.8. The summed E-state index contributed by atoms with van der Waals surface area (Å²) in [5.41, 5.74) is 6.70. The highest BCUT2D eigenvalue weighted by Gasteiger charge is 2.68. The number of amides is 4. The van der Waals surface area contributed by atoms with E-state index >= 15 is 0 Å². The number of carbonyl (C=O) groups is 8. The van der Waals surface area contributed by atoms with Crippen LogP contribution in [-0.4, -0.2) is 167 Å². The molecule has 4 fully saturated rings. The van der Waals surface area contributed by atoms with E-state index in [9.17, 15) is 47.1 Å². The molecule has 0 unspecified atom stereocenters. The Bertz CT molecular complexity index is 4660. The van der Waals surface area contributed by atoms with E-state index in [1.807, 2.05) is 38.1 Å². The van der Waals surface area contributed by atoms with Crippen LogP contribution in [0.1, 0.15) is 146 Å². The third kappa shape index (κ3) is 14.4. The zero-order valence-electron chi connectivity index (χ0n) is 56.6. The molecule has 2 saturated carbocycles. The number of Topliss-reactive ketones (excluding diaryl/α,β-unsaturated/α-hetero) is 4. The third-order valence-corrected chi connectivity index (χ3v) is 21.4. The predicted octanol–water partition coefficient (Wildman–Crippen LogP) is 10.7. The largest absolute Gasteiger partial charge is 0.345 e. The van der Waals surface area contributed by atoms with Crippen molar-refractivity contribution < 1.29 is 47.1 Å². The Kier molecular flexibility index (Phi) is 19.6. The van der Waals surface area contributed by atoms with Gasteiger partial charge in [-0.05, 0) is 169 Å². The molecule has 8 aromatic rings. The molecule has 6 aromatic heterocycles. The number of carbonyl (C=O) groups excluding carboxylic acids is 8. The van der Waals surface area contributed by atoms with E-state index < -0.39 is 34.5 Å². The van der Waals surface area contributed by atoms with E-state index in [1.54, 1.807) is 67.8 Å². The van der Waals surface area contributed by atoms with Crippen molar-refractivity contribution in [3.05, 3.63) is 152 Å². The second-order valence-corrected chi connectivity index (χ2v) is 29.5. The number of nitrogens with zero attached hydrogens (tertiary/aromatic N) is 14. The molecule has 4 bridgehead atoms. The highest BCUT2D eigenvalue weighted by atomic mass is 79.9. The minimum atomic E-state index is -0.780. The predicted molar refractivity (Wildman–Crippen MR) is 373 cm³/mol. The molecular weight excluding hydrogens is 1410 g/mol. The first-order valence-corrected chi connectivity index (χ1v) is 35.5. The highest BCUT2D eigenvalue weighted by Crippen LogP contribution is 2.61. The molecule has 0 radical (unpaired) electrons. The standard InChI is InChI=1S/C37H39BrFN7O4.C37H37BrFN7O4/c2*1-21(47)35-28-11-24(25-17-40-22(2)41-18-25)10-23-8-6-4-5-7-9-33(49)44(3)20-37-15-29(30(48)14-27-12-26(39)13-32(38)42-27)46(31(37)16-37)34(50)19-45(43-35)36(23)28/h10-13,17-18,29,31H,4-9,14-16,19-20H2,1-3H3;4,6,10-13,17-18,29,31H,5,7-9,14-16,19-20H2,1-3H3/b;6-4+/t2*29-,31+,37-/m00/s1. The molecule has 2 aromatic carbocycles. The maximum Gasteiger partial charge on any atom is 0.245 e. The lowest BCUT2D eigenvalue weighted by atomic mass is 9.94. The smallest absolute Gasteiger partial charge is 0.245 e. The van der Waals surface area contributed by atoms with Crippen LogP contribution >= 0.6 is 31.9 Å². The molecule has 10 heterocycles. The van der Waals surface area contributed by atoms with Gasteiger partial charge < -0.3 is 19.6 Å². The van der Waals surface area contributed by atoms with Gasteiger partial charge >= 0.3 is 0 Å². The number of piperidine rings is 2. The average Bonchev–Trinajstić information content (AvgIpc) is 1.54. The molecule has 6 atom stereocenters. The van der Waals surface area contributed by atoms with Crippen LogP contribution in [0.3, 0.4) is 0 Å². The minimum Gasteiger partial charge on any atom is -0.345 e.